The second-order valence-corrected chi connectivity index (χ2v) is 12.5. The summed E-state index contributed by atoms with van der Waals surface area (Å²) in [5, 5.41) is 2.71. The lowest BCUT2D eigenvalue weighted by Crippen LogP contribution is -2.38. The van der Waals surface area contributed by atoms with Crippen LogP contribution in [0.15, 0.2) is 35.7 Å². The number of fused-ring (bicyclic) bond motifs is 1. The second kappa shape index (κ2) is 17.2. The second-order valence-electron chi connectivity index (χ2n) is 9.50. The Morgan fingerprint density at radius 2 is 1.68 bits per heavy atom. The van der Waals surface area contributed by atoms with Crippen LogP contribution in [-0.4, -0.2) is 43.2 Å². The molecule has 9 heteroatoms. The molecular formula is C28H42ClNO5S2. The van der Waals surface area contributed by atoms with Crippen LogP contribution in [0, 0.1) is 0 Å². The lowest BCUT2D eigenvalue weighted by atomic mass is 10.0. The molecule has 0 spiro atoms. The van der Waals surface area contributed by atoms with Gasteiger partial charge < -0.3 is 4.74 Å². The Balaban J connectivity index is 0.000000273. The number of ether oxygens (including phenoxy) is 1. The van der Waals surface area contributed by atoms with Crippen molar-refractivity contribution in [3.05, 3.63) is 56.7 Å². The van der Waals surface area contributed by atoms with Gasteiger partial charge in [0.1, 0.15) is 6.04 Å². The first-order chi connectivity index (χ1) is 17.8. The van der Waals surface area contributed by atoms with Crippen molar-refractivity contribution in [3.63, 3.8) is 0 Å². The van der Waals surface area contributed by atoms with Crippen LogP contribution in [0.25, 0.3) is 0 Å². The Bertz CT molecular complexity index is 1040. The maximum atomic E-state index is 12.3. The van der Waals surface area contributed by atoms with Crippen LogP contribution in [0.2, 0.25) is 5.02 Å². The van der Waals surface area contributed by atoms with Gasteiger partial charge in [0, 0.05) is 23.0 Å². The van der Waals surface area contributed by atoms with Crippen LogP contribution in [0.3, 0.4) is 0 Å². The fourth-order valence-corrected chi connectivity index (χ4v) is 6.24. The predicted octanol–water partition coefficient (Wildman–Crippen LogP) is 7.47. The Hall–Kier alpha value is -1.45. The van der Waals surface area contributed by atoms with E-state index in [1.165, 1.54) is 62.5 Å². The molecule has 2 heterocycles. The van der Waals surface area contributed by atoms with E-state index in [1.807, 2.05) is 24.3 Å². The van der Waals surface area contributed by atoms with Gasteiger partial charge in [0.15, 0.2) is 0 Å². The highest BCUT2D eigenvalue weighted by Crippen LogP contribution is 2.33. The SMILES string of the molecule is CCCCCCCCCCCCS(=O)(=O)O.COC(=O)[C@H](c1ccccc1Cl)N1CCc2sccc2C1. The summed E-state index contributed by atoms with van der Waals surface area (Å²) in [4.78, 5) is 15.8. The summed E-state index contributed by atoms with van der Waals surface area (Å²) in [5.41, 5.74) is 2.11. The molecule has 0 unspecified atom stereocenters. The summed E-state index contributed by atoms with van der Waals surface area (Å²) < 4.78 is 34.4. The van der Waals surface area contributed by atoms with Crippen molar-refractivity contribution in [2.75, 3.05) is 19.4 Å². The summed E-state index contributed by atoms with van der Waals surface area (Å²) in [6.45, 7) is 3.80. The Labute approximate surface area is 232 Å². The minimum absolute atomic E-state index is 0.0799. The van der Waals surface area contributed by atoms with Crippen molar-refractivity contribution in [1.82, 2.24) is 4.90 Å². The summed E-state index contributed by atoms with van der Waals surface area (Å²) in [5.74, 6) is -0.342. The van der Waals surface area contributed by atoms with Crippen molar-refractivity contribution in [1.29, 1.82) is 0 Å². The number of carbonyl (C=O) groups excluding carboxylic acids is 1. The van der Waals surface area contributed by atoms with Crippen molar-refractivity contribution >= 4 is 39.0 Å². The molecule has 1 aliphatic rings. The summed E-state index contributed by atoms with van der Waals surface area (Å²) in [6, 6.07) is 9.16. The third-order valence-electron chi connectivity index (χ3n) is 6.58. The molecule has 37 heavy (non-hydrogen) atoms. The van der Waals surface area contributed by atoms with Crippen LogP contribution in [-0.2, 0) is 32.6 Å². The van der Waals surface area contributed by atoms with Crippen LogP contribution in [0.5, 0.6) is 0 Å². The molecular weight excluding hydrogens is 530 g/mol. The molecule has 1 aromatic carbocycles. The Morgan fingerprint density at radius 1 is 1.05 bits per heavy atom. The largest absolute Gasteiger partial charge is 0.468 e. The molecule has 0 bridgehead atoms. The van der Waals surface area contributed by atoms with Crippen LogP contribution in [0.1, 0.15) is 93.2 Å². The lowest BCUT2D eigenvalue weighted by Gasteiger charge is -2.33. The fraction of sp³-hybridized carbons (Fsp3) is 0.607. The number of esters is 1. The minimum Gasteiger partial charge on any atom is -0.468 e. The molecule has 0 fully saturated rings. The Morgan fingerprint density at radius 3 is 2.27 bits per heavy atom. The highest BCUT2D eigenvalue weighted by Gasteiger charge is 2.32. The van der Waals surface area contributed by atoms with Crippen LogP contribution < -0.4 is 0 Å². The molecule has 0 aliphatic carbocycles. The molecule has 0 saturated heterocycles. The van der Waals surface area contributed by atoms with Gasteiger partial charge >= 0.3 is 5.97 Å². The molecule has 208 valence electrons. The standard InChI is InChI=1S/C16H16ClNO2S.C12H26O3S/c1-20-16(19)15(12-4-2-3-5-13(12)17)18-8-6-14-11(10-18)7-9-21-14;1-2-3-4-5-6-7-8-9-10-11-12-16(13,14)15/h2-5,7,9,15H,6,8,10H2,1H3;2-12H2,1H3,(H,13,14,15)/t15-;/m0./s1. The monoisotopic (exact) mass is 571 g/mol. The van der Waals surface area contributed by atoms with Crippen LogP contribution >= 0.6 is 22.9 Å². The van der Waals surface area contributed by atoms with Crippen molar-refractivity contribution in [2.24, 2.45) is 0 Å². The number of carbonyl (C=O) groups is 1. The van der Waals surface area contributed by atoms with Gasteiger partial charge in [0.05, 0.1) is 12.9 Å². The normalized spacial score (nSPS) is 14.4. The van der Waals surface area contributed by atoms with Crippen molar-refractivity contribution in [2.45, 2.75) is 90.1 Å². The first-order valence-corrected chi connectivity index (χ1v) is 16.2. The van der Waals surface area contributed by atoms with Gasteiger partial charge in [0.25, 0.3) is 10.1 Å². The van der Waals surface area contributed by atoms with E-state index in [4.69, 9.17) is 20.9 Å². The van der Waals surface area contributed by atoms with Crippen LogP contribution in [0.4, 0.5) is 0 Å². The van der Waals surface area contributed by atoms with Gasteiger partial charge in [-0.15, -0.1) is 11.3 Å². The summed E-state index contributed by atoms with van der Waals surface area (Å²) in [6.07, 6.45) is 12.6. The van der Waals surface area contributed by atoms with Gasteiger partial charge in [-0.25, -0.2) is 4.79 Å². The molecule has 3 rings (SSSR count). The molecule has 1 N–H and O–H groups in total. The van der Waals surface area contributed by atoms with E-state index in [-0.39, 0.29) is 11.7 Å². The molecule has 1 aliphatic heterocycles. The number of thiophene rings is 1. The van der Waals surface area contributed by atoms with Gasteiger partial charge in [-0.05, 0) is 41.5 Å². The fourth-order valence-electron chi connectivity index (χ4n) is 4.54. The molecule has 0 radical (unpaired) electrons. The van der Waals surface area contributed by atoms with Gasteiger partial charge in [-0.3, -0.25) is 9.45 Å². The van der Waals surface area contributed by atoms with E-state index in [0.29, 0.717) is 11.4 Å². The highest BCUT2D eigenvalue weighted by atomic mass is 35.5. The molecule has 2 aromatic rings. The zero-order valence-electron chi connectivity index (χ0n) is 22.2. The number of nitrogens with zero attached hydrogens (tertiary/aromatic N) is 1. The quantitative estimate of drug-likeness (QED) is 0.144. The maximum Gasteiger partial charge on any atom is 0.327 e. The number of methoxy groups -OCH3 is 1. The highest BCUT2D eigenvalue weighted by molar-refractivity contribution is 7.85. The third-order valence-corrected chi connectivity index (χ3v) is 8.75. The topological polar surface area (TPSA) is 83.9 Å². The summed E-state index contributed by atoms with van der Waals surface area (Å²) >= 11 is 8.07. The van der Waals surface area contributed by atoms with Gasteiger partial charge in [-0.1, -0.05) is 94.5 Å². The van der Waals surface area contributed by atoms with Gasteiger partial charge in [-0.2, -0.15) is 8.42 Å². The number of hydrogen-bond donors (Lipinski definition) is 1. The van der Waals surface area contributed by atoms with Crippen molar-refractivity contribution < 1.29 is 22.5 Å². The number of hydrogen-bond acceptors (Lipinski definition) is 6. The Kier molecular flexibility index (Phi) is 14.8. The van der Waals surface area contributed by atoms with Crippen molar-refractivity contribution in [3.8, 4) is 0 Å². The average Bonchev–Trinajstić information content (AvgIpc) is 3.34. The molecule has 0 saturated carbocycles. The van der Waals surface area contributed by atoms with E-state index in [2.05, 4.69) is 23.3 Å². The first kappa shape index (κ1) is 31.8. The molecule has 1 atom stereocenters. The first-order valence-electron chi connectivity index (χ1n) is 13.3. The third kappa shape index (κ3) is 11.9. The molecule has 0 amide bonds. The number of rotatable bonds is 14. The summed E-state index contributed by atoms with van der Waals surface area (Å²) in [7, 11) is -2.31. The average molecular weight is 572 g/mol. The number of unbranched alkanes of at least 4 members (excludes halogenated alkanes) is 9. The number of benzene rings is 1. The lowest BCUT2D eigenvalue weighted by molar-refractivity contribution is -0.147. The maximum absolute atomic E-state index is 12.3. The molecule has 6 nitrogen and oxygen atoms in total. The zero-order valence-corrected chi connectivity index (χ0v) is 24.6. The van der Waals surface area contributed by atoms with E-state index < -0.39 is 16.2 Å². The van der Waals surface area contributed by atoms with E-state index >= 15 is 0 Å². The number of halogens is 1. The smallest absolute Gasteiger partial charge is 0.327 e. The van der Waals surface area contributed by atoms with E-state index in [9.17, 15) is 13.2 Å². The van der Waals surface area contributed by atoms with Gasteiger partial charge in [0.2, 0.25) is 0 Å². The zero-order chi connectivity index (χ0) is 27.1. The minimum atomic E-state index is -3.73. The molecule has 1 aromatic heterocycles. The van der Waals surface area contributed by atoms with E-state index in [1.54, 1.807) is 11.3 Å². The predicted molar refractivity (Wildman–Crippen MR) is 153 cm³/mol. The van der Waals surface area contributed by atoms with E-state index in [0.717, 1.165) is 37.9 Å².